The fourth-order valence-electron chi connectivity index (χ4n) is 3.90. The molecule has 0 amide bonds. The first kappa shape index (κ1) is 27.3. The highest BCUT2D eigenvalue weighted by atomic mass is 19.4. The highest BCUT2D eigenvalue weighted by Crippen LogP contribution is 2.32. The quantitative estimate of drug-likeness (QED) is 0.224. The van der Waals surface area contributed by atoms with Gasteiger partial charge in [0.25, 0.3) is 0 Å². The van der Waals surface area contributed by atoms with Crippen LogP contribution < -0.4 is 10.2 Å². The van der Waals surface area contributed by atoms with Gasteiger partial charge in [0, 0.05) is 29.0 Å². The van der Waals surface area contributed by atoms with E-state index < -0.39 is 18.0 Å². The summed E-state index contributed by atoms with van der Waals surface area (Å²) in [5, 5.41) is 23.7. The molecule has 5 aromatic rings. The van der Waals surface area contributed by atoms with Crippen molar-refractivity contribution in [3.63, 3.8) is 0 Å². The van der Waals surface area contributed by atoms with Gasteiger partial charge in [-0.25, -0.2) is 14.2 Å². The van der Waals surface area contributed by atoms with E-state index in [1.54, 1.807) is 6.20 Å². The van der Waals surface area contributed by atoms with Crippen LogP contribution >= 0.6 is 0 Å². The van der Waals surface area contributed by atoms with Crippen molar-refractivity contribution < 1.29 is 27.5 Å². The van der Waals surface area contributed by atoms with Crippen LogP contribution in [0.15, 0.2) is 55.0 Å². The van der Waals surface area contributed by atoms with Crippen molar-refractivity contribution >= 4 is 50.9 Å². The minimum absolute atomic E-state index is 0.201. The molecular weight excluding hydrogens is 520 g/mol. The van der Waals surface area contributed by atoms with Crippen LogP contribution in [-0.4, -0.2) is 53.7 Å². The first-order chi connectivity index (χ1) is 18.5. The van der Waals surface area contributed by atoms with Crippen LogP contribution in [-0.2, 0) is 4.79 Å². The summed E-state index contributed by atoms with van der Waals surface area (Å²) in [7, 11) is 0. The van der Waals surface area contributed by atoms with Crippen LogP contribution in [0.5, 0.6) is 0 Å². The fraction of sp³-hybridized carbons (Fsp3) is 0.240. The molecule has 0 atom stereocenters. The van der Waals surface area contributed by atoms with Crippen molar-refractivity contribution in [1.82, 2.24) is 29.9 Å². The SMILES string of the molecule is CCN(c1nc(Nc2ccc3c(cnn3C(C)C)c2)ncc1F)c1cccc2[nH]ncc12.O=C(O)C(F)(F)F. The Labute approximate surface area is 219 Å². The molecule has 10 nitrogen and oxygen atoms in total. The summed E-state index contributed by atoms with van der Waals surface area (Å²) in [6.07, 6.45) is -0.321. The maximum atomic E-state index is 14.8. The Morgan fingerprint density at radius 1 is 1.18 bits per heavy atom. The lowest BCUT2D eigenvalue weighted by molar-refractivity contribution is -0.192. The average molecular weight is 545 g/mol. The van der Waals surface area contributed by atoms with E-state index in [-0.39, 0.29) is 11.9 Å². The molecule has 3 heterocycles. The van der Waals surface area contributed by atoms with Gasteiger partial charge in [0.05, 0.1) is 35.3 Å². The van der Waals surface area contributed by atoms with Crippen molar-refractivity contribution in [3.05, 3.63) is 60.8 Å². The Kier molecular flexibility index (Phi) is 7.65. The fourth-order valence-corrected chi connectivity index (χ4v) is 3.90. The molecule has 0 saturated heterocycles. The number of H-pyrrole nitrogens is 1. The lowest BCUT2D eigenvalue weighted by Gasteiger charge is -2.23. The first-order valence-electron chi connectivity index (χ1n) is 11.8. The summed E-state index contributed by atoms with van der Waals surface area (Å²) >= 11 is 0. The number of carboxylic acids is 1. The predicted octanol–water partition coefficient (Wildman–Crippen LogP) is 5.96. The average Bonchev–Trinajstić information content (AvgIpc) is 3.53. The van der Waals surface area contributed by atoms with Gasteiger partial charge in [0.1, 0.15) is 0 Å². The highest BCUT2D eigenvalue weighted by Gasteiger charge is 2.38. The van der Waals surface area contributed by atoms with Gasteiger partial charge in [-0.05, 0) is 51.1 Å². The molecule has 204 valence electrons. The summed E-state index contributed by atoms with van der Waals surface area (Å²) in [4.78, 5) is 19.4. The van der Waals surface area contributed by atoms with Gasteiger partial charge in [0.15, 0.2) is 11.6 Å². The van der Waals surface area contributed by atoms with Crippen molar-refractivity contribution in [3.8, 4) is 0 Å². The number of benzene rings is 2. The Morgan fingerprint density at radius 2 is 1.92 bits per heavy atom. The summed E-state index contributed by atoms with van der Waals surface area (Å²) in [6.45, 7) is 6.66. The molecule has 0 saturated carbocycles. The number of hydrogen-bond acceptors (Lipinski definition) is 7. The van der Waals surface area contributed by atoms with Crippen LogP contribution in [0, 0.1) is 5.82 Å². The standard InChI is InChI=1S/C23H23FN8.C2HF3O2/c1-4-31(21-7-5-6-19-17(21)12-26-30-19)22-18(24)13-25-23(29-22)28-16-8-9-20-15(10-16)11-27-32(20)14(2)3;3-2(4,5)1(6)7/h5-14H,4H2,1-3H3,(H,26,30)(H,25,28,29);(H,6,7). The Morgan fingerprint density at radius 3 is 2.59 bits per heavy atom. The Bertz CT molecular complexity index is 1610. The van der Waals surface area contributed by atoms with Crippen LogP contribution in [0.4, 0.5) is 40.7 Å². The molecule has 0 bridgehead atoms. The molecule has 0 spiro atoms. The van der Waals surface area contributed by atoms with Crippen molar-refractivity contribution in [2.45, 2.75) is 33.0 Å². The summed E-state index contributed by atoms with van der Waals surface area (Å²) in [6, 6.07) is 12.0. The molecule has 3 N–H and O–H groups in total. The zero-order chi connectivity index (χ0) is 28.3. The molecule has 0 fully saturated rings. The second-order valence-corrected chi connectivity index (χ2v) is 8.60. The van der Waals surface area contributed by atoms with E-state index in [0.717, 1.165) is 33.2 Å². The lowest BCUT2D eigenvalue weighted by Crippen LogP contribution is -2.21. The first-order valence-corrected chi connectivity index (χ1v) is 11.8. The zero-order valence-corrected chi connectivity index (χ0v) is 21.0. The molecule has 3 aromatic heterocycles. The second kappa shape index (κ2) is 10.9. The van der Waals surface area contributed by atoms with Gasteiger partial charge >= 0.3 is 12.1 Å². The van der Waals surface area contributed by atoms with Crippen LogP contribution in [0.25, 0.3) is 21.8 Å². The van der Waals surface area contributed by atoms with Gasteiger partial charge in [-0.3, -0.25) is 9.78 Å². The monoisotopic (exact) mass is 544 g/mol. The molecule has 5 rings (SSSR count). The molecular formula is C25H24F4N8O2. The molecule has 2 aromatic carbocycles. The highest BCUT2D eigenvalue weighted by molar-refractivity contribution is 5.93. The summed E-state index contributed by atoms with van der Waals surface area (Å²) in [5.74, 6) is -2.73. The minimum atomic E-state index is -5.08. The number of hydrogen-bond donors (Lipinski definition) is 3. The third-order valence-electron chi connectivity index (χ3n) is 5.63. The third kappa shape index (κ3) is 5.89. The van der Waals surface area contributed by atoms with Gasteiger partial charge in [-0.1, -0.05) is 6.07 Å². The molecule has 14 heteroatoms. The zero-order valence-electron chi connectivity index (χ0n) is 21.0. The van der Waals surface area contributed by atoms with Crippen LogP contribution in [0.1, 0.15) is 26.8 Å². The molecule has 39 heavy (non-hydrogen) atoms. The van der Waals surface area contributed by atoms with E-state index in [0.29, 0.717) is 12.5 Å². The smallest absolute Gasteiger partial charge is 0.475 e. The minimum Gasteiger partial charge on any atom is -0.475 e. The number of rotatable bonds is 6. The van der Waals surface area contributed by atoms with Crippen molar-refractivity contribution in [2.75, 3.05) is 16.8 Å². The summed E-state index contributed by atoms with van der Waals surface area (Å²) in [5.41, 5.74) is 3.56. The predicted molar refractivity (Wildman–Crippen MR) is 138 cm³/mol. The van der Waals surface area contributed by atoms with Crippen LogP contribution in [0.3, 0.4) is 0 Å². The number of alkyl halides is 3. The second-order valence-electron chi connectivity index (χ2n) is 8.60. The molecule has 0 aliphatic carbocycles. The van der Waals surface area contributed by atoms with Gasteiger partial charge in [-0.2, -0.15) is 28.4 Å². The van der Waals surface area contributed by atoms with E-state index in [2.05, 4.69) is 44.4 Å². The number of fused-ring (bicyclic) bond motifs is 2. The van der Waals surface area contributed by atoms with Crippen LogP contribution in [0.2, 0.25) is 0 Å². The normalized spacial score (nSPS) is 11.5. The molecule has 0 radical (unpaired) electrons. The lowest BCUT2D eigenvalue weighted by atomic mass is 10.2. The maximum Gasteiger partial charge on any atom is 0.490 e. The number of aliphatic carboxylic acids is 1. The number of nitrogens with zero attached hydrogens (tertiary/aromatic N) is 6. The largest absolute Gasteiger partial charge is 0.490 e. The van der Waals surface area contributed by atoms with E-state index >= 15 is 0 Å². The maximum absolute atomic E-state index is 14.8. The van der Waals surface area contributed by atoms with E-state index in [1.807, 2.05) is 59.1 Å². The van der Waals surface area contributed by atoms with Gasteiger partial charge < -0.3 is 15.3 Å². The van der Waals surface area contributed by atoms with Gasteiger partial charge in [-0.15, -0.1) is 0 Å². The Balaban J connectivity index is 0.000000448. The third-order valence-corrected chi connectivity index (χ3v) is 5.63. The van der Waals surface area contributed by atoms with E-state index in [4.69, 9.17) is 9.90 Å². The van der Waals surface area contributed by atoms with E-state index in [1.165, 1.54) is 6.20 Å². The number of aromatic amines is 1. The number of nitrogens with one attached hydrogen (secondary N) is 2. The number of aromatic nitrogens is 6. The van der Waals surface area contributed by atoms with Crippen molar-refractivity contribution in [2.24, 2.45) is 0 Å². The number of anilines is 4. The summed E-state index contributed by atoms with van der Waals surface area (Å²) < 4.78 is 48.5. The number of carbonyl (C=O) groups is 1. The molecule has 0 aliphatic heterocycles. The number of carboxylic acid groups (broad SMARTS) is 1. The molecule has 0 unspecified atom stereocenters. The molecule has 0 aliphatic rings. The van der Waals surface area contributed by atoms with Crippen molar-refractivity contribution in [1.29, 1.82) is 0 Å². The van der Waals surface area contributed by atoms with Gasteiger partial charge in [0.2, 0.25) is 5.95 Å². The van der Waals surface area contributed by atoms with E-state index in [9.17, 15) is 17.6 Å². The number of halogens is 4. The Hall–Kier alpha value is -4.75. The topological polar surface area (TPSA) is 125 Å².